The minimum Gasteiger partial charge on any atom is -0.425 e. The number of nitrogens with one attached hydrogen (secondary N) is 2. The van der Waals surface area contributed by atoms with Crippen LogP contribution in [-0.4, -0.2) is 23.8 Å². The van der Waals surface area contributed by atoms with Crippen molar-refractivity contribution in [1.82, 2.24) is 5.32 Å². The van der Waals surface area contributed by atoms with E-state index in [4.69, 9.17) is 4.74 Å². The maximum atomic E-state index is 12.3. The molecule has 2 amide bonds. The molecule has 26 heavy (non-hydrogen) atoms. The summed E-state index contributed by atoms with van der Waals surface area (Å²) in [5, 5.41) is 5.34. The third-order valence-corrected chi connectivity index (χ3v) is 3.63. The summed E-state index contributed by atoms with van der Waals surface area (Å²) in [6.07, 6.45) is 0. The molecule has 136 valence electrons. The molecule has 0 aliphatic rings. The van der Waals surface area contributed by atoms with E-state index in [1.165, 1.54) is 6.92 Å². The highest BCUT2D eigenvalue weighted by atomic mass is 16.5. The molecule has 0 aliphatic heterocycles. The van der Waals surface area contributed by atoms with Crippen LogP contribution in [0.15, 0.2) is 54.6 Å². The lowest BCUT2D eigenvalue weighted by Gasteiger charge is -2.20. The molecule has 0 aliphatic carbocycles. The van der Waals surface area contributed by atoms with Crippen LogP contribution in [-0.2, 0) is 9.59 Å². The number of amides is 2. The quantitative estimate of drug-likeness (QED) is 0.617. The van der Waals surface area contributed by atoms with Crippen molar-refractivity contribution in [2.45, 2.75) is 26.8 Å². The Bertz CT molecular complexity index is 787. The second-order valence-electron chi connectivity index (χ2n) is 6.19. The standard InChI is InChI=1S/C20H22N2O4/c1-13(2)18(21-14(3)23)20(25)26-17-11-7-10-16(12-17)22-19(24)15-8-5-4-6-9-15/h4-13,18H,1-3H3,(H,21,23)(H,22,24). The number of hydrogen-bond donors (Lipinski definition) is 2. The van der Waals surface area contributed by atoms with Crippen LogP contribution >= 0.6 is 0 Å². The number of esters is 1. The Balaban J connectivity index is 2.07. The molecule has 2 rings (SSSR count). The van der Waals surface area contributed by atoms with E-state index in [1.807, 2.05) is 19.9 Å². The van der Waals surface area contributed by atoms with Gasteiger partial charge in [-0.05, 0) is 30.2 Å². The summed E-state index contributed by atoms with van der Waals surface area (Å²) < 4.78 is 5.36. The number of carbonyl (C=O) groups is 3. The minimum atomic E-state index is -0.741. The molecule has 0 aromatic heterocycles. The first kappa shape index (κ1) is 19.2. The van der Waals surface area contributed by atoms with Crippen molar-refractivity contribution in [2.75, 3.05) is 5.32 Å². The largest absolute Gasteiger partial charge is 0.425 e. The molecular weight excluding hydrogens is 332 g/mol. The van der Waals surface area contributed by atoms with E-state index in [2.05, 4.69) is 10.6 Å². The molecule has 0 saturated carbocycles. The Kier molecular flexibility index (Phi) is 6.49. The van der Waals surface area contributed by atoms with Crippen molar-refractivity contribution in [3.8, 4) is 5.75 Å². The fraction of sp³-hybridized carbons (Fsp3) is 0.250. The molecule has 0 saturated heterocycles. The van der Waals surface area contributed by atoms with Gasteiger partial charge in [-0.3, -0.25) is 9.59 Å². The summed E-state index contributed by atoms with van der Waals surface area (Å²) in [6.45, 7) is 4.99. The van der Waals surface area contributed by atoms with Gasteiger partial charge in [0.1, 0.15) is 11.8 Å². The smallest absolute Gasteiger partial charge is 0.334 e. The molecule has 6 heteroatoms. The number of rotatable bonds is 6. The molecule has 0 spiro atoms. The van der Waals surface area contributed by atoms with E-state index in [-0.39, 0.29) is 23.5 Å². The van der Waals surface area contributed by atoms with Gasteiger partial charge in [0.25, 0.3) is 5.91 Å². The van der Waals surface area contributed by atoms with Gasteiger partial charge < -0.3 is 15.4 Å². The molecule has 0 heterocycles. The Morgan fingerprint density at radius 2 is 1.65 bits per heavy atom. The summed E-state index contributed by atoms with van der Waals surface area (Å²) in [5.41, 5.74) is 1.03. The summed E-state index contributed by atoms with van der Waals surface area (Å²) in [6, 6.07) is 14.6. The molecule has 1 unspecified atom stereocenters. The van der Waals surface area contributed by atoms with Crippen LogP contribution in [0.3, 0.4) is 0 Å². The molecule has 2 N–H and O–H groups in total. The van der Waals surface area contributed by atoms with Crippen molar-refractivity contribution in [1.29, 1.82) is 0 Å². The Morgan fingerprint density at radius 1 is 0.962 bits per heavy atom. The van der Waals surface area contributed by atoms with E-state index >= 15 is 0 Å². The third kappa shape index (κ3) is 5.44. The Labute approximate surface area is 152 Å². The zero-order valence-electron chi connectivity index (χ0n) is 15.0. The van der Waals surface area contributed by atoms with Crippen LogP contribution in [0.5, 0.6) is 5.75 Å². The van der Waals surface area contributed by atoms with Gasteiger partial charge in [0, 0.05) is 24.2 Å². The van der Waals surface area contributed by atoms with Gasteiger partial charge in [-0.25, -0.2) is 4.79 Å². The number of benzene rings is 2. The molecule has 2 aromatic rings. The van der Waals surface area contributed by atoms with Gasteiger partial charge in [0.05, 0.1) is 0 Å². The summed E-state index contributed by atoms with van der Waals surface area (Å²) in [7, 11) is 0. The molecule has 0 bridgehead atoms. The van der Waals surface area contributed by atoms with Gasteiger partial charge in [0.2, 0.25) is 5.91 Å². The van der Waals surface area contributed by atoms with Crippen molar-refractivity contribution in [3.63, 3.8) is 0 Å². The minimum absolute atomic E-state index is 0.118. The van der Waals surface area contributed by atoms with Gasteiger partial charge in [-0.1, -0.05) is 38.1 Å². The van der Waals surface area contributed by atoms with Crippen LogP contribution < -0.4 is 15.4 Å². The topological polar surface area (TPSA) is 84.5 Å². The van der Waals surface area contributed by atoms with Crippen LogP contribution in [0.25, 0.3) is 0 Å². The number of hydrogen-bond acceptors (Lipinski definition) is 4. The molecular formula is C20H22N2O4. The van der Waals surface area contributed by atoms with Gasteiger partial charge in [-0.15, -0.1) is 0 Å². The average molecular weight is 354 g/mol. The normalized spacial score (nSPS) is 11.5. The number of ether oxygens (including phenoxy) is 1. The second-order valence-corrected chi connectivity index (χ2v) is 6.19. The monoisotopic (exact) mass is 354 g/mol. The maximum absolute atomic E-state index is 12.3. The van der Waals surface area contributed by atoms with Crippen molar-refractivity contribution >= 4 is 23.5 Å². The van der Waals surface area contributed by atoms with E-state index in [0.717, 1.165) is 0 Å². The Morgan fingerprint density at radius 3 is 2.27 bits per heavy atom. The lowest BCUT2D eigenvalue weighted by Crippen LogP contribution is -2.45. The highest BCUT2D eigenvalue weighted by Crippen LogP contribution is 2.19. The van der Waals surface area contributed by atoms with Gasteiger partial charge in [0.15, 0.2) is 0 Å². The zero-order valence-corrected chi connectivity index (χ0v) is 15.0. The van der Waals surface area contributed by atoms with E-state index in [9.17, 15) is 14.4 Å². The summed E-state index contributed by atoms with van der Waals surface area (Å²) >= 11 is 0. The molecule has 6 nitrogen and oxygen atoms in total. The number of carbonyl (C=O) groups excluding carboxylic acids is 3. The Hall–Kier alpha value is -3.15. The molecule has 0 radical (unpaired) electrons. The van der Waals surface area contributed by atoms with Gasteiger partial charge in [-0.2, -0.15) is 0 Å². The van der Waals surface area contributed by atoms with Crippen molar-refractivity contribution in [3.05, 3.63) is 60.2 Å². The highest BCUT2D eigenvalue weighted by Gasteiger charge is 2.25. The average Bonchev–Trinajstić information content (AvgIpc) is 2.60. The van der Waals surface area contributed by atoms with E-state index in [0.29, 0.717) is 11.3 Å². The number of anilines is 1. The lowest BCUT2D eigenvalue weighted by molar-refractivity contribution is -0.140. The fourth-order valence-electron chi connectivity index (χ4n) is 2.33. The SMILES string of the molecule is CC(=O)NC(C(=O)Oc1cccc(NC(=O)c2ccccc2)c1)C(C)C. The van der Waals surface area contributed by atoms with Crippen molar-refractivity contribution in [2.24, 2.45) is 5.92 Å². The van der Waals surface area contributed by atoms with Crippen LogP contribution in [0.2, 0.25) is 0 Å². The van der Waals surface area contributed by atoms with Crippen LogP contribution in [0, 0.1) is 5.92 Å². The maximum Gasteiger partial charge on any atom is 0.334 e. The third-order valence-electron chi connectivity index (χ3n) is 3.63. The summed E-state index contributed by atoms with van der Waals surface area (Å²) in [4.78, 5) is 35.8. The molecule has 2 aromatic carbocycles. The lowest BCUT2D eigenvalue weighted by atomic mass is 10.0. The van der Waals surface area contributed by atoms with Crippen molar-refractivity contribution < 1.29 is 19.1 Å². The first-order valence-electron chi connectivity index (χ1n) is 8.32. The van der Waals surface area contributed by atoms with E-state index < -0.39 is 12.0 Å². The van der Waals surface area contributed by atoms with Crippen LogP contribution in [0.1, 0.15) is 31.1 Å². The predicted molar refractivity (Wildman–Crippen MR) is 98.9 cm³/mol. The zero-order chi connectivity index (χ0) is 19.1. The highest BCUT2D eigenvalue weighted by molar-refractivity contribution is 6.04. The van der Waals surface area contributed by atoms with Crippen LogP contribution in [0.4, 0.5) is 5.69 Å². The fourth-order valence-corrected chi connectivity index (χ4v) is 2.33. The molecule has 1 atom stereocenters. The molecule has 0 fully saturated rings. The first-order chi connectivity index (χ1) is 12.4. The summed E-state index contributed by atoms with van der Waals surface area (Å²) in [5.74, 6) is -0.942. The van der Waals surface area contributed by atoms with E-state index in [1.54, 1.807) is 48.5 Å². The van der Waals surface area contributed by atoms with Gasteiger partial charge >= 0.3 is 5.97 Å². The predicted octanol–water partition coefficient (Wildman–Crippen LogP) is 3.01. The first-order valence-corrected chi connectivity index (χ1v) is 8.32. The second kappa shape index (κ2) is 8.80.